The van der Waals surface area contributed by atoms with E-state index in [0.717, 1.165) is 5.39 Å². The summed E-state index contributed by atoms with van der Waals surface area (Å²) in [5.74, 6) is 0.0751. The smallest absolute Gasteiger partial charge is 0.264 e. The maximum Gasteiger partial charge on any atom is 0.264 e. The van der Waals surface area contributed by atoms with Crippen LogP contribution in [0.2, 0.25) is 0 Å². The van der Waals surface area contributed by atoms with Gasteiger partial charge < -0.3 is 0 Å². The molecule has 0 fully saturated rings. The quantitative estimate of drug-likeness (QED) is 0.746. The molecule has 0 aliphatic heterocycles. The van der Waals surface area contributed by atoms with E-state index in [1.54, 1.807) is 30.6 Å². The molecule has 0 saturated heterocycles. The van der Waals surface area contributed by atoms with Gasteiger partial charge in [-0.15, -0.1) is 0 Å². The van der Waals surface area contributed by atoms with E-state index in [1.165, 1.54) is 12.4 Å². The SMILES string of the molecule is O=S(=O)(Nc1ncn[nH]1)c1cccc2cnccc12. The lowest BCUT2D eigenvalue weighted by atomic mass is 10.2. The van der Waals surface area contributed by atoms with Crippen LogP contribution in [0.5, 0.6) is 0 Å². The average molecular weight is 275 g/mol. The fourth-order valence-electron chi connectivity index (χ4n) is 1.76. The zero-order chi connectivity index (χ0) is 13.3. The van der Waals surface area contributed by atoms with E-state index >= 15 is 0 Å². The number of hydrogen-bond donors (Lipinski definition) is 2. The normalized spacial score (nSPS) is 11.6. The van der Waals surface area contributed by atoms with Gasteiger partial charge in [0.25, 0.3) is 10.0 Å². The first-order valence-electron chi connectivity index (χ1n) is 5.38. The summed E-state index contributed by atoms with van der Waals surface area (Å²) in [7, 11) is -3.72. The Morgan fingerprint density at radius 2 is 2.11 bits per heavy atom. The van der Waals surface area contributed by atoms with Gasteiger partial charge in [0.15, 0.2) is 0 Å². The Labute approximate surface area is 108 Å². The van der Waals surface area contributed by atoms with Crippen LogP contribution in [-0.4, -0.2) is 28.6 Å². The molecule has 0 unspecified atom stereocenters. The Balaban J connectivity index is 2.13. The molecule has 3 aromatic rings. The van der Waals surface area contributed by atoms with Crippen molar-refractivity contribution in [3.05, 3.63) is 43.0 Å². The van der Waals surface area contributed by atoms with Crippen LogP contribution in [0.4, 0.5) is 5.95 Å². The molecule has 0 atom stereocenters. The van der Waals surface area contributed by atoms with Gasteiger partial charge in [0.2, 0.25) is 5.95 Å². The van der Waals surface area contributed by atoms with E-state index in [1.807, 2.05) is 0 Å². The first-order valence-corrected chi connectivity index (χ1v) is 6.86. The van der Waals surface area contributed by atoms with E-state index in [2.05, 4.69) is 24.9 Å². The second-order valence-electron chi connectivity index (χ2n) is 3.79. The predicted octanol–water partition coefficient (Wildman–Crippen LogP) is 1.15. The van der Waals surface area contributed by atoms with E-state index in [-0.39, 0.29) is 10.8 Å². The van der Waals surface area contributed by atoms with Crippen molar-refractivity contribution in [2.24, 2.45) is 0 Å². The number of aromatic amines is 1. The number of benzene rings is 1. The second-order valence-corrected chi connectivity index (χ2v) is 5.44. The number of nitrogens with one attached hydrogen (secondary N) is 2. The summed E-state index contributed by atoms with van der Waals surface area (Å²) in [6.45, 7) is 0. The Morgan fingerprint density at radius 3 is 2.89 bits per heavy atom. The zero-order valence-corrected chi connectivity index (χ0v) is 10.4. The number of aromatic nitrogens is 4. The molecule has 19 heavy (non-hydrogen) atoms. The Hall–Kier alpha value is -2.48. The van der Waals surface area contributed by atoms with E-state index in [9.17, 15) is 8.42 Å². The fraction of sp³-hybridized carbons (Fsp3) is 0. The van der Waals surface area contributed by atoms with Crippen molar-refractivity contribution < 1.29 is 8.42 Å². The van der Waals surface area contributed by atoms with E-state index < -0.39 is 10.0 Å². The maximum absolute atomic E-state index is 12.3. The third-order valence-corrected chi connectivity index (χ3v) is 3.97. The summed E-state index contributed by atoms with van der Waals surface area (Å²) in [5.41, 5.74) is 0. The Bertz CT molecular complexity index is 809. The summed E-state index contributed by atoms with van der Waals surface area (Å²) in [6, 6.07) is 6.65. The van der Waals surface area contributed by atoms with Gasteiger partial charge in [-0.1, -0.05) is 12.1 Å². The van der Waals surface area contributed by atoms with Gasteiger partial charge in [-0.3, -0.25) is 4.98 Å². The minimum absolute atomic E-state index is 0.0751. The van der Waals surface area contributed by atoms with Crippen molar-refractivity contribution >= 4 is 26.7 Å². The highest BCUT2D eigenvalue weighted by Crippen LogP contribution is 2.23. The van der Waals surface area contributed by atoms with Crippen molar-refractivity contribution in [3.8, 4) is 0 Å². The number of nitrogens with zero attached hydrogens (tertiary/aromatic N) is 3. The molecule has 1 aromatic carbocycles. The van der Waals surface area contributed by atoms with Gasteiger partial charge in [0.1, 0.15) is 6.33 Å². The number of sulfonamides is 1. The van der Waals surface area contributed by atoms with Gasteiger partial charge in [0.05, 0.1) is 4.90 Å². The van der Waals surface area contributed by atoms with Crippen molar-refractivity contribution in [1.29, 1.82) is 0 Å². The number of pyridine rings is 1. The molecule has 0 spiro atoms. The number of fused-ring (bicyclic) bond motifs is 1. The number of anilines is 1. The van der Waals surface area contributed by atoms with Crippen LogP contribution in [0.15, 0.2) is 47.9 Å². The molecule has 2 N–H and O–H groups in total. The first kappa shape index (κ1) is 11.6. The molecule has 96 valence electrons. The van der Waals surface area contributed by atoms with Gasteiger partial charge in [0, 0.05) is 23.2 Å². The Kier molecular flexibility index (Phi) is 2.64. The molecule has 0 aliphatic carbocycles. The summed E-state index contributed by atoms with van der Waals surface area (Å²) in [5, 5.41) is 7.39. The minimum atomic E-state index is -3.72. The highest BCUT2D eigenvalue weighted by molar-refractivity contribution is 7.93. The summed E-state index contributed by atoms with van der Waals surface area (Å²) in [6.07, 6.45) is 4.39. The molecule has 2 heterocycles. The predicted molar refractivity (Wildman–Crippen MR) is 68.9 cm³/mol. The molecular formula is C11H9N5O2S. The van der Waals surface area contributed by atoms with E-state index in [0.29, 0.717) is 5.39 Å². The number of hydrogen-bond acceptors (Lipinski definition) is 5. The van der Waals surface area contributed by atoms with Crippen LogP contribution in [0.25, 0.3) is 10.8 Å². The lowest BCUT2D eigenvalue weighted by Crippen LogP contribution is -2.14. The molecule has 0 bridgehead atoms. The molecule has 3 rings (SSSR count). The summed E-state index contributed by atoms with van der Waals surface area (Å²) >= 11 is 0. The summed E-state index contributed by atoms with van der Waals surface area (Å²) < 4.78 is 26.9. The van der Waals surface area contributed by atoms with E-state index in [4.69, 9.17) is 0 Å². The molecule has 0 radical (unpaired) electrons. The van der Waals surface area contributed by atoms with Gasteiger partial charge in [-0.05, 0) is 12.1 Å². The highest BCUT2D eigenvalue weighted by atomic mass is 32.2. The third-order valence-electron chi connectivity index (χ3n) is 2.58. The molecule has 0 amide bonds. The zero-order valence-electron chi connectivity index (χ0n) is 9.61. The molecule has 2 aromatic heterocycles. The van der Waals surface area contributed by atoms with Crippen molar-refractivity contribution in [1.82, 2.24) is 20.2 Å². The highest BCUT2D eigenvalue weighted by Gasteiger charge is 2.18. The molecule has 0 aliphatic rings. The molecule has 0 saturated carbocycles. The minimum Gasteiger partial charge on any atom is -0.264 e. The van der Waals surface area contributed by atoms with Crippen molar-refractivity contribution in [2.45, 2.75) is 4.90 Å². The van der Waals surface area contributed by atoms with Crippen LogP contribution in [0.1, 0.15) is 0 Å². The second kappa shape index (κ2) is 4.32. The van der Waals surface area contributed by atoms with Crippen LogP contribution < -0.4 is 4.72 Å². The van der Waals surface area contributed by atoms with Gasteiger partial charge in [-0.25, -0.2) is 18.2 Å². The number of rotatable bonds is 3. The van der Waals surface area contributed by atoms with Gasteiger partial charge >= 0.3 is 0 Å². The third kappa shape index (κ3) is 2.13. The maximum atomic E-state index is 12.3. The topological polar surface area (TPSA) is 101 Å². The van der Waals surface area contributed by atoms with Gasteiger partial charge in [-0.2, -0.15) is 10.1 Å². The summed E-state index contributed by atoms with van der Waals surface area (Å²) in [4.78, 5) is 7.88. The van der Waals surface area contributed by atoms with Crippen LogP contribution in [0, 0.1) is 0 Å². The largest absolute Gasteiger partial charge is 0.264 e. The van der Waals surface area contributed by atoms with Crippen LogP contribution in [0.3, 0.4) is 0 Å². The molecule has 8 heteroatoms. The van der Waals surface area contributed by atoms with Crippen molar-refractivity contribution in [2.75, 3.05) is 4.72 Å². The average Bonchev–Trinajstić information content (AvgIpc) is 2.90. The van der Waals surface area contributed by atoms with Crippen LogP contribution in [-0.2, 0) is 10.0 Å². The Morgan fingerprint density at radius 1 is 1.21 bits per heavy atom. The standard InChI is InChI=1S/C11H9N5O2S/c17-19(18,16-11-13-7-14-15-11)10-3-1-2-8-6-12-5-4-9(8)10/h1-7H,(H2,13,14,15,16). The van der Waals surface area contributed by atoms with Crippen LogP contribution >= 0.6 is 0 Å². The number of H-pyrrole nitrogens is 1. The monoisotopic (exact) mass is 275 g/mol. The fourth-order valence-corrected chi connectivity index (χ4v) is 2.96. The molecule has 7 nitrogen and oxygen atoms in total. The molecular weight excluding hydrogens is 266 g/mol. The van der Waals surface area contributed by atoms with Crippen molar-refractivity contribution in [3.63, 3.8) is 0 Å². The lowest BCUT2D eigenvalue weighted by Gasteiger charge is -2.07. The lowest BCUT2D eigenvalue weighted by molar-refractivity contribution is 0.601. The first-order chi connectivity index (χ1) is 9.17.